The molecule has 0 spiro atoms. The van der Waals surface area contributed by atoms with Gasteiger partial charge in [0, 0.05) is 12.1 Å². The number of hydrogen-bond acceptors (Lipinski definition) is 1. The highest BCUT2D eigenvalue weighted by Gasteiger charge is 2.10. The highest BCUT2D eigenvalue weighted by Crippen LogP contribution is 2.28. The number of rotatable bonds is 3. The summed E-state index contributed by atoms with van der Waals surface area (Å²) in [6, 6.07) is 9.68. The highest BCUT2D eigenvalue weighted by atomic mass is 19.1. The topological polar surface area (TPSA) is 12.0 Å². The molecule has 1 nitrogen and oxygen atoms in total. The fourth-order valence-corrected chi connectivity index (χ4v) is 2.47. The Morgan fingerprint density at radius 1 is 1.00 bits per heavy atom. The van der Waals surface area contributed by atoms with Crippen molar-refractivity contribution in [3.63, 3.8) is 0 Å². The van der Waals surface area contributed by atoms with E-state index in [0.29, 0.717) is 11.1 Å². The number of hydrogen-bond donors (Lipinski definition) is 1. The van der Waals surface area contributed by atoms with Crippen LogP contribution in [-0.2, 0) is 6.54 Å². The summed E-state index contributed by atoms with van der Waals surface area (Å²) >= 11 is 0. The Labute approximate surface area is 114 Å². The first-order valence-electron chi connectivity index (χ1n) is 6.54. The van der Waals surface area contributed by atoms with Gasteiger partial charge in [0.2, 0.25) is 0 Å². The van der Waals surface area contributed by atoms with E-state index >= 15 is 0 Å². The Balaban J connectivity index is 2.55. The van der Waals surface area contributed by atoms with Gasteiger partial charge in [-0.2, -0.15) is 0 Å². The van der Waals surface area contributed by atoms with Crippen LogP contribution in [0.5, 0.6) is 0 Å². The molecule has 0 bridgehead atoms. The first-order chi connectivity index (χ1) is 9.04. The number of aryl methyl sites for hydroxylation is 3. The minimum atomic E-state index is -0.123. The van der Waals surface area contributed by atoms with Crippen LogP contribution in [0.4, 0.5) is 4.39 Å². The lowest BCUT2D eigenvalue weighted by Crippen LogP contribution is -2.08. The molecular weight excluding hydrogens is 237 g/mol. The molecule has 0 radical (unpaired) electrons. The van der Waals surface area contributed by atoms with Gasteiger partial charge in [0.25, 0.3) is 0 Å². The molecule has 2 aromatic carbocycles. The molecule has 0 atom stereocenters. The molecule has 0 aliphatic heterocycles. The van der Waals surface area contributed by atoms with Crippen LogP contribution < -0.4 is 5.32 Å². The molecule has 0 aliphatic carbocycles. The molecule has 0 amide bonds. The van der Waals surface area contributed by atoms with E-state index in [1.807, 2.05) is 19.2 Å². The summed E-state index contributed by atoms with van der Waals surface area (Å²) in [5.74, 6) is -0.123. The van der Waals surface area contributed by atoms with Crippen LogP contribution in [0.15, 0.2) is 30.3 Å². The Kier molecular flexibility index (Phi) is 4.01. The maximum Gasteiger partial charge on any atom is 0.133 e. The van der Waals surface area contributed by atoms with Crippen molar-refractivity contribution in [1.29, 1.82) is 0 Å². The fourth-order valence-electron chi connectivity index (χ4n) is 2.47. The Hall–Kier alpha value is -1.67. The lowest BCUT2D eigenvalue weighted by molar-refractivity contribution is 0.622. The van der Waals surface area contributed by atoms with E-state index in [0.717, 1.165) is 12.1 Å². The number of halogens is 1. The second kappa shape index (κ2) is 5.54. The molecule has 0 unspecified atom stereocenters. The molecule has 0 aromatic heterocycles. The van der Waals surface area contributed by atoms with E-state index in [4.69, 9.17) is 0 Å². The van der Waals surface area contributed by atoms with Crippen LogP contribution in [0, 0.1) is 26.6 Å². The molecule has 0 fully saturated rings. The van der Waals surface area contributed by atoms with E-state index in [1.165, 1.54) is 16.7 Å². The van der Waals surface area contributed by atoms with Crippen LogP contribution in [0.2, 0.25) is 0 Å². The summed E-state index contributed by atoms with van der Waals surface area (Å²) in [4.78, 5) is 0. The molecule has 0 aliphatic rings. The minimum Gasteiger partial charge on any atom is -0.316 e. The standard InChI is InChI=1S/C17H20FN/c1-11-6-5-7-15(17(11)18)14-8-12(2)16(10-19-4)13(3)9-14/h5-9,19H,10H2,1-4H3. The minimum absolute atomic E-state index is 0.123. The van der Waals surface area contributed by atoms with Gasteiger partial charge in [-0.15, -0.1) is 0 Å². The van der Waals surface area contributed by atoms with Gasteiger partial charge in [0.15, 0.2) is 0 Å². The van der Waals surface area contributed by atoms with Crippen molar-refractivity contribution in [2.24, 2.45) is 0 Å². The third kappa shape index (κ3) is 2.69. The third-order valence-corrected chi connectivity index (χ3v) is 3.55. The zero-order valence-electron chi connectivity index (χ0n) is 12.0. The SMILES string of the molecule is CNCc1c(C)cc(-c2cccc(C)c2F)cc1C. The van der Waals surface area contributed by atoms with E-state index in [-0.39, 0.29) is 5.82 Å². The monoisotopic (exact) mass is 257 g/mol. The van der Waals surface area contributed by atoms with Crippen LogP contribution in [0.25, 0.3) is 11.1 Å². The average molecular weight is 257 g/mol. The maximum atomic E-state index is 14.2. The smallest absolute Gasteiger partial charge is 0.133 e. The Morgan fingerprint density at radius 2 is 1.63 bits per heavy atom. The van der Waals surface area contributed by atoms with Crippen molar-refractivity contribution >= 4 is 0 Å². The van der Waals surface area contributed by atoms with Crippen molar-refractivity contribution < 1.29 is 4.39 Å². The van der Waals surface area contributed by atoms with Crippen molar-refractivity contribution in [3.8, 4) is 11.1 Å². The van der Waals surface area contributed by atoms with Gasteiger partial charge >= 0.3 is 0 Å². The quantitative estimate of drug-likeness (QED) is 0.871. The van der Waals surface area contributed by atoms with Gasteiger partial charge in [-0.1, -0.05) is 30.3 Å². The Bertz CT molecular complexity index is 579. The summed E-state index contributed by atoms with van der Waals surface area (Å²) < 4.78 is 14.2. The molecule has 2 aromatic rings. The normalized spacial score (nSPS) is 10.8. The zero-order valence-corrected chi connectivity index (χ0v) is 12.0. The molecule has 2 heteroatoms. The molecular formula is C17H20FN. The van der Waals surface area contributed by atoms with Gasteiger partial charge in [0.05, 0.1) is 0 Å². The molecule has 2 rings (SSSR count). The van der Waals surface area contributed by atoms with Crippen molar-refractivity contribution in [1.82, 2.24) is 5.32 Å². The molecule has 0 saturated carbocycles. The summed E-state index contributed by atoms with van der Waals surface area (Å²) in [6.45, 7) is 6.80. The lowest BCUT2D eigenvalue weighted by Gasteiger charge is -2.13. The van der Waals surface area contributed by atoms with E-state index in [2.05, 4.69) is 31.3 Å². The van der Waals surface area contributed by atoms with Gasteiger partial charge in [-0.3, -0.25) is 0 Å². The van der Waals surface area contributed by atoms with Gasteiger partial charge in [-0.25, -0.2) is 4.39 Å². The van der Waals surface area contributed by atoms with Crippen molar-refractivity contribution in [2.45, 2.75) is 27.3 Å². The number of benzene rings is 2. The third-order valence-electron chi connectivity index (χ3n) is 3.55. The van der Waals surface area contributed by atoms with Crippen LogP contribution in [-0.4, -0.2) is 7.05 Å². The summed E-state index contributed by atoms with van der Waals surface area (Å²) in [7, 11) is 1.94. The predicted octanol–water partition coefficient (Wildman–Crippen LogP) is 4.14. The van der Waals surface area contributed by atoms with E-state index in [9.17, 15) is 4.39 Å². The summed E-state index contributed by atoms with van der Waals surface area (Å²) in [6.07, 6.45) is 0. The van der Waals surface area contributed by atoms with Crippen LogP contribution >= 0.6 is 0 Å². The van der Waals surface area contributed by atoms with Crippen molar-refractivity contribution in [3.05, 3.63) is 58.4 Å². The molecule has 0 heterocycles. The Morgan fingerprint density at radius 3 is 2.21 bits per heavy atom. The van der Waals surface area contributed by atoms with Gasteiger partial charge < -0.3 is 5.32 Å². The molecule has 100 valence electrons. The molecule has 1 N–H and O–H groups in total. The number of nitrogens with one attached hydrogen (secondary N) is 1. The maximum absolute atomic E-state index is 14.2. The fraction of sp³-hybridized carbons (Fsp3) is 0.294. The second-order valence-corrected chi connectivity index (χ2v) is 5.06. The lowest BCUT2D eigenvalue weighted by atomic mass is 9.94. The zero-order chi connectivity index (χ0) is 14.0. The highest BCUT2D eigenvalue weighted by molar-refractivity contribution is 5.67. The first kappa shape index (κ1) is 13.8. The molecule has 19 heavy (non-hydrogen) atoms. The second-order valence-electron chi connectivity index (χ2n) is 5.06. The van der Waals surface area contributed by atoms with Gasteiger partial charge in [0.1, 0.15) is 5.82 Å². The predicted molar refractivity (Wildman–Crippen MR) is 78.8 cm³/mol. The average Bonchev–Trinajstić information content (AvgIpc) is 2.37. The van der Waals surface area contributed by atoms with Crippen molar-refractivity contribution in [2.75, 3.05) is 7.05 Å². The van der Waals surface area contributed by atoms with Crippen LogP contribution in [0.1, 0.15) is 22.3 Å². The van der Waals surface area contributed by atoms with Gasteiger partial charge in [-0.05, 0) is 55.6 Å². The summed E-state index contributed by atoms with van der Waals surface area (Å²) in [5.41, 5.74) is 6.01. The first-order valence-corrected chi connectivity index (χ1v) is 6.54. The largest absolute Gasteiger partial charge is 0.316 e. The van der Waals surface area contributed by atoms with Crippen LogP contribution in [0.3, 0.4) is 0 Å². The van der Waals surface area contributed by atoms with E-state index < -0.39 is 0 Å². The summed E-state index contributed by atoms with van der Waals surface area (Å²) in [5, 5.41) is 3.17. The molecule has 0 saturated heterocycles. The van der Waals surface area contributed by atoms with E-state index in [1.54, 1.807) is 13.0 Å².